The van der Waals surface area contributed by atoms with E-state index in [1.165, 1.54) is 0 Å². The molecular formula is C19H19N3O5S. The SMILES string of the molecule is CCOC(=O)c1ccc(NC(=S)NNC(=O)C2COc3ccccc3O2)cc1. The van der Waals surface area contributed by atoms with Gasteiger partial charge in [-0.25, -0.2) is 4.79 Å². The van der Waals surface area contributed by atoms with Gasteiger partial charge in [0.15, 0.2) is 16.6 Å². The summed E-state index contributed by atoms with van der Waals surface area (Å²) in [7, 11) is 0. The summed E-state index contributed by atoms with van der Waals surface area (Å²) in [5.74, 6) is 0.300. The van der Waals surface area contributed by atoms with E-state index in [1.807, 2.05) is 6.07 Å². The number of fused-ring (bicyclic) bond motifs is 1. The monoisotopic (exact) mass is 401 g/mol. The topological polar surface area (TPSA) is 97.9 Å². The zero-order chi connectivity index (χ0) is 19.9. The van der Waals surface area contributed by atoms with E-state index in [-0.39, 0.29) is 11.7 Å². The highest BCUT2D eigenvalue weighted by molar-refractivity contribution is 7.80. The van der Waals surface area contributed by atoms with Crippen LogP contribution >= 0.6 is 12.2 Å². The molecule has 2 aromatic rings. The first-order chi connectivity index (χ1) is 13.6. The Bertz CT molecular complexity index is 872. The Morgan fingerprint density at radius 1 is 1.11 bits per heavy atom. The zero-order valence-corrected chi connectivity index (χ0v) is 15.9. The van der Waals surface area contributed by atoms with E-state index in [2.05, 4.69) is 16.2 Å². The number of ether oxygens (including phenoxy) is 3. The van der Waals surface area contributed by atoms with Crippen molar-refractivity contribution in [3.8, 4) is 11.5 Å². The molecule has 1 heterocycles. The number of para-hydroxylation sites is 2. The van der Waals surface area contributed by atoms with Crippen LogP contribution in [-0.2, 0) is 9.53 Å². The lowest BCUT2D eigenvalue weighted by Gasteiger charge is -2.25. The molecule has 0 aromatic heterocycles. The fourth-order valence-corrected chi connectivity index (χ4v) is 2.58. The number of carbonyl (C=O) groups is 2. The molecule has 0 fully saturated rings. The Morgan fingerprint density at radius 2 is 1.82 bits per heavy atom. The Kier molecular flexibility index (Phi) is 6.28. The van der Waals surface area contributed by atoms with Gasteiger partial charge in [-0.2, -0.15) is 0 Å². The quantitative estimate of drug-likeness (QED) is 0.407. The average Bonchev–Trinajstić information content (AvgIpc) is 2.72. The molecule has 1 atom stereocenters. The van der Waals surface area contributed by atoms with Gasteiger partial charge in [-0.3, -0.25) is 15.6 Å². The van der Waals surface area contributed by atoms with Gasteiger partial charge in [-0.1, -0.05) is 12.1 Å². The molecule has 0 saturated heterocycles. The minimum Gasteiger partial charge on any atom is -0.485 e. The van der Waals surface area contributed by atoms with Crippen molar-refractivity contribution in [3.05, 3.63) is 54.1 Å². The number of nitrogens with one attached hydrogen (secondary N) is 3. The number of hydrogen-bond donors (Lipinski definition) is 3. The van der Waals surface area contributed by atoms with E-state index in [0.717, 1.165) is 0 Å². The molecule has 1 aliphatic rings. The van der Waals surface area contributed by atoms with Crippen LogP contribution in [0.3, 0.4) is 0 Å². The summed E-state index contributed by atoms with van der Waals surface area (Å²) in [6.45, 7) is 2.16. The number of rotatable bonds is 4. The molecule has 0 aliphatic carbocycles. The van der Waals surface area contributed by atoms with E-state index in [4.69, 9.17) is 26.4 Å². The highest BCUT2D eigenvalue weighted by Crippen LogP contribution is 2.30. The van der Waals surface area contributed by atoms with E-state index < -0.39 is 18.0 Å². The zero-order valence-electron chi connectivity index (χ0n) is 15.1. The number of benzene rings is 2. The maximum atomic E-state index is 12.2. The summed E-state index contributed by atoms with van der Waals surface area (Å²) in [5, 5.41) is 3.07. The smallest absolute Gasteiger partial charge is 0.338 e. The molecule has 2 aromatic carbocycles. The van der Waals surface area contributed by atoms with E-state index in [1.54, 1.807) is 49.4 Å². The molecule has 0 radical (unpaired) electrons. The Labute approximate surface area is 167 Å². The minimum atomic E-state index is -0.797. The van der Waals surface area contributed by atoms with Crippen LogP contribution in [0.1, 0.15) is 17.3 Å². The number of hydrazine groups is 1. The second kappa shape index (κ2) is 9.05. The standard InChI is InChI=1S/C19H19N3O5S/c1-2-25-18(24)12-7-9-13(10-8-12)20-19(28)22-21-17(23)16-11-26-14-5-3-4-6-15(14)27-16/h3-10,16H,2,11H2,1H3,(H,21,23)(H2,20,22,28). The van der Waals surface area contributed by atoms with Crippen LogP contribution in [0.4, 0.5) is 5.69 Å². The molecule has 0 spiro atoms. The molecule has 8 nitrogen and oxygen atoms in total. The molecule has 28 heavy (non-hydrogen) atoms. The molecule has 9 heteroatoms. The Hall–Kier alpha value is -3.33. The number of thiocarbonyl (C=S) groups is 1. The Balaban J connectivity index is 1.46. The lowest BCUT2D eigenvalue weighted by Crippen LogP contribution is -2.51. The lowest BCUT2D eigenvalue weighted by molar-refractivity contribution is -0.130. The second-order valence-corrected chi connectivity index (χ2v) is 6.14. The molecule has 1 unspecified atom stereocenters. The molecular weight excluding hydrogens is 382 g/mol. The highest BCUT2D eigenvalue weighted by Gasteiger charge is 2.27. The fraction of sp³-hybridized carbons (Fsp3) is 0.211. The number of carbonyl (C=O) groups excluding carboxylic acids is 2. The van der Waals surface area contributed by atoms with Crippen LogP contribution in [-0.4, -0.2) is 36.3 Å². The van der Waals surface area contributed by atoms with Gasteiger partial charge < -0.3 is 19.5 Å². The number of hydrogen-bond acceptors (Lipinski definition) is 6. The van der Waals surface area contributed by atoms with Gasteiger partial charge in [0, 0.05) is 5.69 Å². The van der Waals surface area contributed by atoms with Crippen LogP contribution in [0.2, 0.25) is 0 Å². The first kappa shape index (κ1) is 19.4. The van der Waals surface area contributed by atoms with Crippen molar-refractivity contribution in [2.45, 2.75) is 13.0 Å². The van der Waals surface area contributed by atoms with Crippen molar-refractivity contribution in [1.29, 1.82) is 0 Å². The Morgan fingerprint density at radius 3 is 2.54 bits per heavy atom. The van der Waals surface area contributed by atoms with Gasteiger partial charge >= 0.3 is 5.97 Å². The van der Waals surface area contributed by atoms with Crippen LogP contribution < -0.4 is 25.6 Å². The van der Waals surface area contributed by atoms with Crippen LogP contribution in [0.25, 0.3) is 0 Å². The summed E-state index contributed by atoms with van der Waals surface area (Å²) in [4.78, 5) is 23.9. The fourth-order valence-electron chi connectivity index (χ4n) is 2.41. The predicted octanol–water partition coefficient (Wildman–Crippen LogP) is 2.02. The number of amides is 1. The molecule has 0 bridgehead atoms. The summed E-state index contributed by atoms with van der Waals surface area (Å²) in [6, 6.07) is 13.7. The maximum absolute atomic E-state index is 12.2. The van der Waals surface area contributed by atoms with Crippen LogP contribution in [0, 0.1) is 0 Å². The average molecular weight is 401 g/mol. The third-order valence-electron chi connectivity index (χ3n) is 3.75. The number of esters is 1. The molecule has 3 N–H and O–H groups in total. The van der Waals surface area contributed by atoms with Crippen LogP contribution in [0.5, 0.6) is 11.5 Å². The molecule has 3 rings (SSSR count). The molecule has 1 aliphatic heterocycles. The largest absolute Gasteiger partial charge is 0.485 e. The van der Waals surface area contributed by atoms with E-state index >= 15 is 0 Å². The first-order valence-electron chi connectivity index (χ1n) is 8.59. The molecule has 0 saturated carbocycles. The van der Waals surface area contributed by atoms with Crippen molar-refractivity contribution in [1.82, 2.24) is 10.9 Å². The summed E-state index contributed by atoms with van der Waals surface area (Å²) in [5.41, 5.74) is 6.16. The van der Waals surface area contributed by atoms with Crippen molar-refractivity contribution >= 4 is 34.9 Å². The van der Waals surface area contributed by atoms with Crippen molar-refractivity contribution in [2.75, 3.05) is 18.5 Å². The second-order valence-electron chi connectivity index (χ2n) is 5.73. The van der Waals surface area contributed by atoms with Crippen molar-refractivity contribution in [2.24, 2.45) is 0 Å². The van der Waals surface area contributed by atoms with Gasteiger partial charge in [0.1, 0.15) is 6.61 Å². The van der Waals surface area contributed by atoms with Gasteiger partial charge in [0.25, 0.3) is 5.91 Å². The molecule has 146 valence electrons. The summed E-state index contributed by atoms with van der Waals surface area (Å²) >= 11 is 5.14. The maximum Gasteiger partial charge on any atom is 0.338 e. The highest BCUT2D eigenvalue weighted by atomic mass is 32.1. The van der Waals surface area contributed by atoms with E-state index in [9.17, 15) is 9.59 Å². The van der Waals surface area contributed by atoms with Gasteiger partial charge in [0.05, 0.1) is 12.2 Å². The summed E-state index contributed by atoms with van der Waals surface area (Å²) in [6.07, 6.45) is -0.797. The third-order valence-corrected chi connectivity index (χ3v) is 3.96. The van der Waals surface area contributed by atoms with Crippen LogP contribution in [0.15, 0.2) is 48.5 Å². The summed E-state index contributed by atoms with van der Waals surface area (Å²) < 4.78 is 16.0. The van der Waals surface area contributed by atoms with Gasteiger partial charge in [-0.15, -0.1) is 0 Å². The van der Waals surface area contributed by atoms with Crippen molar-refractivity contribution < 1.29 is 23.8 Å². The first-order valence-corrected chi connectivity index (χ1v) is 9.00. The van der Waals surface area contributed by atoms with Crippen molar-refractivity contribution in [3.63, 3.8) is 0 Å². The third kappa shape index (κ3) is 4.89. The van der Waals surface area contributed by atoms with Gasteiger partial charge in [0.2, 0.25) is 6.10 Å². The minimum absolute atomic E-state index is 0.0973. The number of anilines is 1. The normalized spacial score (nSPS) is 14.5. The van der Waals surface area contributed by atoms with Gasteiger partial charge in [-0.05, 0) is 55.5 Å². The molecule has 1 amide bonds. The predicted molar refractivity (Wildman–Crippen MR) is 106 cm³/mol. The van der Waals surface area contributed by atoms with E-state index in [0.29, 0.717) is 29.4 Å². The lowest BCUT2D eigenvalue weighted by atomic mass is 10.2.